The second-order valence-electron chi connectivity index (χ2n) is 7.29. The maximum Gasteiger partial charge on any atom is 0.355 e. The third-order valence-electron chi connectivity index (χ3n) is 4.86. The van der Waals surface area contributed by atoms with Crippen LogP contribution >= 0.6 is 0 Å². The van der Waals surface area contributed by atoms with Crippen molar-refractivity contribution in [2.75, 3.05) is 5.32 Å². The van der Waals surface area contributed by atoms with Gasteiger partial charge in [0.1, 0.15) is 5.58 Å². The van der Waals surface area contributed by atoms with E-state index in [9.17, 15) is 18.0 Å². The number of hydrogen-bond acceptors (Lipinski definition) is 5. The van der Waals surface area contributed by atoms with Gasteiger partial charge >= 0.3 is 5.63 Å². The molecule has 156 valence electrons. The van der Waals surface area contributed by atoms with E-state index >= 15 is 0 Å². The van der Waals surface area contributed by atoms with Crippen molar-refractivity contribution in [1.29, 1.82) is 0 Å². The van der Waals surface area contributed by atoms with Gasteiger partial charge in [0.25, 0.3) is 5.91 Å². The van der Waals surface area contributed by atoms with Crippen LogP contribution in [0.4, 0.5) is 5.69 Å². The van der Waals surface area contributed by atoms with Gasteiger partial charge in [-0.2, -0.15) is 0 Å². The highest BCUT2D eigenvalue weighted by Crippen LogP contribution is 2.23. The Balaban J connectivity index is 1.74. The Hall–Kier alpha value is -3.71. The predicted octanol–water partition coefficient (Wildman–Crippen LogP) is 4.49. The summed E-state index contributed by atoms with van der Waals surface area (Å²) in [6.07, 6.45) is 0. The van der Waals surface area contributed by atoms with Crippen molar-refractivity contribution < 1.29 is 17.6 Å². The van der Waals surface area contributed by atoms with E-state index in [1.807, 2.05) is 32.0 Å². The molecule has 0 aliphatic rings. The number of carbonyl (C=O) groups is 1. The van der Waals surface area contributed by atoms with E-state index in [4.69, 9.17) is 4.42 Å². The molecular weight excluding hydrogens is 414 g/mol. The molecule has 31 heavy (non-hydrogen) atoms. The molecule has 0 bridgehead atoms. The second-order valence-corrected chi connectivity index (χ2v) is 9.21. The number of fused-ring (bicyclic) bond motifs is 1. The number of hydrogen-bond donors (Lipinski definition) is 1. The van der Waals surface area contributed by atoms with E-state index < -0.39 is 20.4 Å². The Bertz CT molecular complexity index is 1470. The van der Waals surface area contributed by atoms with Gasteiger partial charge < -0.3 is 9.73 Å². The van der Waals surface area contributed by atoms with Gasteiger partial charge in [-0.3, -0.25) is 4.79 Å². The smallest absolute Gasteiger partial charge is 0.355 e. The first-order valence-electron chi connectivity index (χ1n) is 9.52. The second kappa shape index (κ2) is 7.85. The average molecular weight is 433 g/mol. The van der Waals surface area contributed by atoms with Crippen LogP contribution in [-0.2, 0) is 9.84 Å². The van der Waals surface area contributed by atoms with E-state index in [1.165, 1.54) is 36.4 Å². The molecule has 4 aromatic rings. The summed E-state index contributed by atoms with van der Waals surface area (Å²) >= 11 is 0. The van der Waals surface area contributed by atoms with Crippen molar-refractivity contribution in [1.82, 2.24) is 0 Å². The van der Waals surface area contributed by atoms with Crippen LogP contribution in [0.2, 0.25) is 0 Å². The monoisotopic (exact) mass is 433 g/mol. The summed E-state index contributed by atoms with van der Waals surface area (Å²) in [6, 6.07) is 19.3. The largest absolute Gasteiger partial charge is 0.422 e. The van der Waals surface area contributed by atoms with Crippen LogP contribution in [0.1, 0.15) is 21.5 Å². The van der Waals surface area contributed by atoms with Gasteiger partial charge in [-0.05, 0) is 67.9 Å². The third-order valence-corrected chi connectivity index (χ3v) is 6.62. The van der Waals surface area contributed by atoms with Crippen LogP contribution in [0.15, 0.2) is 91.8 Å². The van der Waals surface area contributed by atoms with E-state index in [2.05, 4.69) is 5.32 Å². The van der Waals surface area contributed by atoms with Gasteiger partial charge in [0.15, 0.2) is 4.90 Å². The molecule has 1 amide bonds. The Morgan fingerprint density at radius 3 is 2.32 bits per heavy atom. The zero-order chi connectivity index (χ0) is 22.2. The topological polar surface area (TPSA) is 93.4 Å². The summed E-state index contributed by atoms with van der Waals surface area (Å²) in [5.41, 5.74) is 2.09. The van der Waals surface area contributed by atoms with Gasteiger partial charge in [0.2, 0.25) is 9.84 Å². The molecule has 0 saturated carbocycles. The molecule has 0 atom stereocenters. The fourth-order valence-electron chi connectivity index (χ4n) is 3.20. The highest BCUT2D eigenvalue weighted by Gasteiger charge is 2.23. The van der Waals surface area contributed by atoms with Crippen LogP contribution in [0.3, 0.4) is 0 Å². The van der Waals surface area contributed by atoms with Crippen LogP contribution in [0.25, 0.3) is 11.0 Å². The summed E-state index contributed by atoms with van der Waals surface area (Å²) < 4.78 is 31.2. The maximum atomic E-state index is 13.0. The zero-order valence-electron chi connectivity index (χ0n) is 16.9. The molecule has 0 aliphatic carbocycles. The van der Waals surface area contributed by atoms with Crippen molar-refractivity contribution in [3.05, 3.63) is 99.9 Å². The number of carbonyl (C=O) groups excluding carboxylic acids is 1. The first-order chi connectivity index (χ1) is 14.7. The molecule has 1 heterocycles. The molecule has 0 saturated heterocycles. The summed E-state index contributed by atoms with van der Waals surface area (Å²) in [5, 5.41) is 3.14. The fourth-order valence-corrected chi connectivity index (χ4v) is 4.50. The van der Waals surface area contributed by atoms with Crippen molar-refractivity contribution in [3.8, 4) is 0 Å². The summed E-state index contributed by atoms with van der Waals surface area (Å²) in [7, 11) is -4.07. The summed E-state index contributed by atoms with van der Waals surface area (Å²) in [6.45, 7) is 3.76. The predicted molar refractivity (Wildman–Crippen MR) is 118 cm³/mol. The Morgan fingerprint density at radius 2 is 1.61 bits per heavy atom. The molecule has 0 unspecified atom stereocenters. The lowest BCUT2D eigenvalue weighted by Gasteiger charge is -2.08. The highest BCUT2D eigenvalue weighted by molar-refractivity contribution is 7.91. The number of anilines is 1. The van der Waals surface area contributed by atoms with Crippen molar-refractivity contribution in [2.24, 2.45) is 0 Å². The molecule has 1 aromatic heterocycles. The molecule has 0 spiro atoms. The molecule has 0 fully saturated rings. The minimum absolute atomic E-state index is 0.00176. The number of sulfone groups is 1. The fraction of sp³-hybridized carbons (Fsp3) is 0.0833. The van der Waals surface area contributed by atoms with Crippen LogP contribution in [-0.4, -0.2) is 14.3 Å². The molecule has 4 rings (SSSR count). The van der Waals surface area contributed by atoms with Crippen LogP contribution in [0, 0.1) is 13.8 Å². The number of rotatable bonds is 4. The van der Waals surface area contributed by atoms with E-state index in [0.717, 1.165) is 11.1 Å². The maximum absolute atomic E-state index is 13.0. The Labute approximate surface area is 179 Å². The van der Waals surface area contributed by atoms with Crippen molar-refractivity contribution >= 4 is 32.4 Å². The van der Waals surface area contributed by atoms with E-state index in [1.54, 1.807) is 18.2 Å². The van der Waals surface area contributed by atoms with Crippen molar-refractivity contribution in [3.63, 3.8) is 0 Å². The molecule has 0 radical (unpaired) electrons. The lowest BCUT2D eigenvalue weighted by Crippen LogP contribution is -2.15. The lowest BCUT2D eigenvalue weighted by atomic mass is 10.1. The minimum atomic E-state index is -4.07. The molecule has 7 heteroatoms. The first-order valence-corrected chi connectivity index (χ1v) is 11.0. The number of benzene rings is 3. The van der Waals surface area contributed by atoms with Gasteiger partial charge in [-0.1, -0.05) is 29.8 Å². The van der Waals surface area contributed by atoms with Gasteiger partial charge in [-0.15, -0.1) is 0 Å². The molecular formula is C24H19NO5S. The van der Waals surface area contributed by atoms with Crippen LogP contribution in [0.5, 0.6) is 0 Å². The first kappa shape index (κ1) is 20.6. The average Bonchev–Trinajstić information content (AvgIpc) is 2.73. The van der Waals surface area contributed by atoms with Crippen molar-refractivity contribution in [2.45, 2.75) is 23.6 Å². The SMILES string of the molecule is Cc1ccc(S(=O)(=O)c2cc3cc(C(=O)Nc4cccc(C)c4)ccc3oc2=O)cc1. The summed E-state index contributed by atoms with van der Waals surface area (Å²) in [4.78, 5) is 24.6. The Morgan fingerprint density at radius 1 is 0.871 bits per heavy atom. The number of aryl methyl sites for hydroxylation is 2. The Kier molecular flexibility index (Phi) is 5.20. The minimum Gasteiger partial charge on any atom is -0.422 e. The third kappa shape index (κ3) is 4.13. The van der Waals surface area contributed by atoms with Gasteiger partial charge in [0.05, 0.1) is 4.90 Å². The molecule has 3 aromatic carbocycles. The van der Waals surface area contributed by atoms with Gasteiger partial charge in [-0.25, -0.2) is 13.2 Å². The molecule has 1 N–H and O–H groups in total. The van der Waals surface area contributed by atoms with E-state index in [0.29, 0.717) is 16.6 Å². The highest BCUT2D eigenvalue weighted by atomic mass is 32.2. The number of amides is 1. The van der Waals surface area contributed by atoms with Gasteiger partial charge in [0, 0.05) is 16.6 Å². The standard InChI is InChI=1S/C24H19NO5S/c1-15-6-9-20(10-7-15)31(28,29)22-14-18-13-17(8-11-21(18)30-24(22)27)23(26)25-19-5-3-4-16(2)12-19/h3-14H,1-2H3,(H,25,26). The quantitative estimate of drug-likeness (QED) is 0.479. The molecule has 0 aliphatic heterocycles. The lowest BCUT2D eigenvalue weighted by molar-refractivity contribution is 0.102. The van der Waals surface area contributed by atoms with E-state index in [-0.39, 0.29) is 16.4 Å². The molecule has 6 nitrogen and oxygen atoms in total. The van der Waals surface area contributed by atoms with Crippen LogP contribution < -0.4 is 10.9 Å². The zero-order valence-corrected chi connectivity index (χ0v) is 17.7. The number of nitrogens with one attached hydrogen (secondary N) is 1. The summed E-state index contributed by atoms with van der Waals surface area (Å²) in [5.74, 6) is -0.360. The normalized spacial score (nSPS) is 11.4.